The highest BCUT2D eigenvalue weighted by Gasteiger charge is 2.25. The van der Waals surface area contributed by atoms with Gasteiger partial charge < -0.3 is 10.3 Å². The minimum Gasteiger partial charge on any atom is -0.345 e. The standard InChI is InChI=1S/C21H26N6S/c1-11(2)16-17(15-9-27-19(23-10-24-27)13(4)12(15)3)25-21-18(16)26-20(28-21)14-5-7-22-8-6-14/h9-11,14,22,25H,5-8H2,1-4H3. The summed E-state index contributed by atoms with van der Waals surface area (Å²) in [5, 5.41) is 9.11. The molecule has 0 radical (unpaired) electrons. The van der Waals surface area contributed by atoms with E-state index in [4.69, 9.17) is 4.98 Å². The van der Waals surface area contributed by atoms with Crippen molar-refractivity contribution in [3.8, 4) is 11.3 Å². The molecule has 146 valence electrons. The maximum Gasteiger partial charge on any atom is 0.158 e. The minimum atomic E-state index is 0.387. The van der Waals surface area contributed by atoms with Gasteiger partial charge >= 0.3 is 0 Å². The average molecular weight is 395 g/mol. The smallest absolute Gasteiger partial charge is 0.158 e. The number of rotatable bonds is 3. The van der Waals surface area contributed by atoms with E-state index in [1.165, 1.54) is 50.6 Å². The quantitative estimate of drug-likeness (QED) is 0.535. The number of aromatic amines is 1. The molecule has 1 aliphatic heterocycles. The van der Waals surface area contributed by atoms with Crippen LogP contribution >= 0.6 is 11.3 Å². The summed E-state index contributed by atoms with van der Waals surface area (Å²) in [6.45, 7) is 11.0. The SMILES string of the molecule is Cc1c(-c2[nH]c3sc(C4CCNCC4)nc3c2C(C)C)cn2ncnc2c1C. The van der Waals surface area contributed by atoms with Gasteiger partial charge in [0.25, 0.3) is 0 Å². The maximum atomic E-state index is 5.13. The number of thiazole rings is 1. The summed E-state index contributed by atoms with van der Waals surface area (Å²) in [4.78, 5) is 14.4. The zero-order chi connectivity index (χ0) is 19.4. The molecule has 1 aliphatic rings. The third-order valence-corrected chi connectivity index (χ3v) is 7.20. The fraction of sp³-hybridized carbons (Fsp3) is 0.476. The van der Waals surface area contributed by atoms with Crippen molar-refractivity contribution in [3.63, 3.8) is 0 Å². The molecule has 0 aromatic carbocycles. The Morgan fingerprint density at radius 1 is 1.18 bits per heavy atom. The number of nitrogens with zero attached hydrogens (tertiary/aromatic N) is 4. The predicted octanol–water partition coefficient (Wildman–Crippen LogP) is 4.54. The van der Waals surface area contributed by atoms with Crippen LogP contribution in [0, 0.1) is 13.8 Å². The Hall–Kier alpha value is -2.25. The number of fused-ring (bicyclic) bond motifs is 2. The largest absolute Gasteiger partial charge is 0.345 e. The predicted molar refractivity (Wildman–Crippen MR) is 114 cm³/mol. The van der Waals surface area contributed by atoms with Crippen LogP contribution in [0.2, 0.25) is 0 Å². The highest BCUT2D eigenvalue weighted by molar-refractivity contribution is 7.18. The third-order valence-electron chi connectivity index (χ3n) is 6.07. The highest BCUT2D eigenvalue weighted by atomic mass is 32.1. The molecule has 1 fully saturated rings. The Morgan fingerprint density at radius 3 is 2.71 bits per heavy atom. The molecule has 4 aromatic rings. The van der Waals surface area contributed by atoms with E-state index in [9.17, 15) is 0 Å². The number of aryl methyl sites for hydroxylation is 1. The van der Waals surface area contributed by atoms with Crippen molar-refractivity contribution in [2.45, 2.75) is 52.4 Å². The summed E-state index contributed by atoms with van der Waals surface area (Å²) in [6, 6.07) is 0. The van der Waals surface area contributed by atoms with E-state index in [0.717, 1.165) is 24.3 Å². The second-order valence-electron chi connectivity index (χ2n) is 8.14. The van der Waals surface area contributed by atoms with Crippen molar-refractivity contribution in [3.05, 3.63) is 34.2 Å². The molecular formula is C21H26N6S. The highest BCUT2D eigenvalue weighted by Crippen LogP contribution is 2.41. The summed E-state index contributed by atoms with van der Waals surface area (Å²) < 4.78 is 1.88. The molecule has 0 aliphatic carbocycles. The lowest BCUT2D eigenvalue weighted by molar-refractivity contribution is 0.459. The molecule has 5 rings (SSSR count). The third kappa shape index (κ3) is 2.68. The zero-order valence-corrected chi connectivity index (χ0v) is 17.7. The number of hydrogen-bond acceptors (Lipinski definition) is 5. The summed E-state index contributed by atoms with van der Waals surface area (Å²) >= 11 is 1.84. The molecule has 1 saturated heterocycles. The van der Waals surface area contributed by atoms with E-state index < -0.39 is 0 Å². The minimum absolute atomic E-state index is 0.387. The van der Waals surface area contributed by atoms with Crippen LogP contribution in [0.4, 0.5) is 0 Å². The zero-order valence-electron chi connectivity index (χ0n) is 16.8. The van der Waals surface area contributed by atoms with Crippen molar-refractivity contribution in [1.82, 2.24) is 29.9 Å². The fourth-order valence-electron chi connectivity index (χ4n) is 4.38. The first-order chi connectivity index (χ1) is 13.5. The van der Waals surface area contributed by atoms with Crippen LogP contribution in [-0.4, -0.2) is 37.7 Å². The molecule has 6 nitrogen and oxygen atoms in total. The van der Waals surface area contributed by atoms with Crippen LogP contribution in [0.15, 0.2) is 12.5 Å². The van der Waals surface area contributed by atoms with Gasteiger partial charge in [0.15, 0.2) is 5.65 Å². The molecule has 0 unspecified atom stereocenters. The van der Waals surface area contributed by atoms with E-state index in [1.54, 1.807) is 6.33 Å². The van der Waals surface area contributed by atoms with Crippen LogP contribution in [0.25, 0.3) is 27.3 Å². The number of hydrogen-bond donors (Lipinski definition) is 2. The van der Waals surface area contributed by atoms with Crippen LogP contribution < -0.4 is 5.32 Å². The monoisotopic (exact) mass is 394 g/mol. The first-order valence-electron chi connectivity index (χ1n) is 10.1. The Bertz CT molecular complexity index is 1160. The first kappa shape index (κ1) is 17.8. The van der Waals surface area contributed by atoms with Gasteiger partial charge in [-0.05, 0) is 56.8 Å². The number of H-pyrrole nitrogens is 1. The van der Waals surface area contributed by atoms with Crippen molar-refractivity contribution in [1.29, 1.82) is 0 Å². The molecule has 0 amide bonds. The number of piperidine rings is 1. The first-order valence-corrected chi connectivity index (χ1v) is 10.9. The van der Waals surface area contributed by atoms with Gasteiger partial charge in [-0.15, -0.1) is 11.3 Å². The summed E-state index contributed by atoms with van der Waals surface area (Å²) in [6.07, 6.45) is 6.08. The molecule has 0 spiro atoms. The van der Waals surface area contributed by atoms with E-state index in [1.807, 2.05) is 15.9 Å². The molecule has 0 saturated carbocycles. The van der Waals surface area contributed by atoms with Gasteiger partial charge in [0.2, 0.25) is 0 Å². The average Bonchev–Trinajstić information content (AvgIpc) is 3.38. The molecule has 2 N–H and O–H groups in total. The summed E-state index contributed by atoms with van der Waals surface area (Å²) in [5.41, 5.74) is 8.17. The van der Waals surface area contributed by atoms with Crippen LogP contribution in [0.5, 0.6) is 0 Å². The Morgan fingerprint density at radius 2 is 1.96 bits per heavy atom. The lowest BCUT2D eigenvalue weighted by Crippen LogP contribution is -2.26. The fourth-order valence-corrected chi connectivity index (χ4v) is 5.53. The van der Waals surface area contributed by atoms with E-state index in [2.05, 4.69) is 54.3 Å². The molecule has 5 heterocycles. The van der Waals surface area contributed by atoms with Gasteiger partial charge in [0, 0.05) is 23.2 Å². The molecule has 4 aromatic heterocycles. The number of pyridine rings is 1. The normalized spacial score (nSPS) is 16.0. The number of aromatic nitrogens is 5. The van der Waals surface area contributed by atoms with Crippen LogP contribution in [-0.2, 0) is 0 Å². The van der Waals surface area contributed by atoms with Gasteiger partial charge in [-0.2, -0.15) is 5.10 Å². The van der Waals surface area contributed by atoms with Crippen molar-refractivity contribution in [2.24, 2.45) is 0 Å². The molecular weight excluding hydrogens is 368 g/mol. The summed E-state index contributed by atoms with van der Waals surface area (Å²) in [5.74, 6) is 0.976. The molecule has 28 heavy (non-hydrogen) atoms. The van der Waals surface area contributed by atoms with Crippen LogP contribution in [0.1, 0.15) is 60.2 Å². The van der Waals surface area contributed by atoms with Gasteiger partial charge in [-0.1, -0.05) is 13.8 Å². The van der Waals surface area contributed by atoms with Crippen molar-refractivity contribution >= 4 is 27.3 Å². The van der Waals surface area contributed by atoms with Gasteiger partial charge in [-0.25, -0.2) is 14.5 Å². The topological polar surface area (TPSA) is 70.9 Å². The van der Waals surface area contributed by atoms with E-state index >= 15 is 0 Å². The Labute approximate surface area is 168 Å². The Kier molecular flexibility index (Phi) is 4.25. The van der Waals surface area contributed by atoms with Gasteiger partial charge in [0.05, 0.1) is 10.7 Å². The van der Waals surface area contributed by atoms with Gasteiger partial charge in [0.1, 0.15) is 16.7 Å². The number of nitrogens with one attached hydrogen (secondary N) is 2. The second-order valence-corrected chi connectivity index (χ2v) is 9.17. The molecule has 7 heteroatoms. The lowest BCUT2D eigenvalue weighted by Gasteiger charge is -2.20. The van der Waals surface area contributed by atoms with Crippen LogP contribution in [0.3, 0.4) is 0 Å². The van der Waals surface area contributed by atoms with Gasteiger partial charge in [-0.3, -0.25) is 0 Å². The van der Waals surface area contributed by atoms with E-state index in [-0.39, 0.29) is 0 Å². The lowest BCUT2D eigenvalue weighted by atomic mass is 9.95. The van der Waals surface area contributed by atoms with Crippen molar-refractivity contribution in [2.75, 3.05) is 13.1 Å². The van der Waals surface area contributed by atoms with Crippen molar-refractivity contribution < 1.29 is 0 Å². The molecule has 0 atom stereocenters. The maximum absolute atomic E-state index is 5.13. The molecule has 0 bridgehead atoms. The second kappa shape index (κ2) is 6.67. The Balaban J connectivity index is 1.68. The van der Waals surface area contributed by atoms with E-state index in [0.29, 0.717) is 11.8 Å². The summed E-state index contributed by atoms with van der Waals surface area (Å²) in [7, 11) is 0.